The summed E-state index contributed by atoms with van der Waals surface area (Å²) in [6.07, 6.45) is 7.36. The van der Waals surface area contributed by atoms with Gasteiger partial charge in [-0.3, -0.25) is 9.59 Å². The Morgan fingerprint density at radius 2 is 1.88 bits per heavy atom. The van der Waals surface area contributed by atoms with Crippen molar-refractivity contribution >= 4 is 11.9 Å². The summed E-state index contributed by atoms with van der Waals surface area (Å²) in [5, 5.41) is 12.0. The fraction of sp³-hybridized carbons (Fsp3) is 0.538. The highest BCUT2D eigenvalue weighted by Crippen LogP contribution is 2.44. The van der Waals surface area contributed by atoms with Crippen molar-refractivity contribution in [1.29, 1.82) is 0 Å². The molecule has 0 saturated heterocycles. The van der Waals surface area contributed by atoms with Gasteiger partial charge in [0.1, 0.15) is 0 Å². The number of carbonyl (C=O) groups is 2. The lowest BCUT2D eigenvalue weighted by Crippen LogP contribution is -2.49. The van der Waals surface area contributed by atoms with Crippen molar-refractivity contribution in [2.45, 2.75) is 12.8 Å². The number of hydrogen-bond donors (Lipinski definition) is 2. The highest BCUT2D eigenvalue weighted by atomic mass is 16.4. The van der Waals surface area contributed by atoms with Gasteiger partial charge >= 0.3 is 5.97 Å². The molecule has 0 heterocycles. The van der Waals surface area contributed by atoms with Gasteiger partial charge in [0.25, 0.3) is 0 Å². The second-order valence-electron chi connectivity index (χ2n) is 4.71. The van der Waals surface area contributed by atoms with Gasteiger partial charge in [-0.05, 0) is 24.7 Å². The van der Waals surface area contributed by atoms with Gasteiger partial charge in [0.15, 0.2) is 0 Å². The van der Waals surface area contributed by atoms with Crippen molar-refractivity contribution in [3.8, 4) is 0 Å². The third kappa shape index (κ3) is 2.12. The largest absolute Gasteiger partial charge is 0.481 e. The maximum absolute atomic E-state index is 12.0. The molecule has 1 amide bonds. The minimum Gasteiger partial charge on any atom is -0.481 e. The molecular formula is C13H17NO3. The summed E-state index contributed by atoms with van der Waals surface area (Å²) in [7, 11) is 0. The fourth-order valence-corrected chi connectivity index (χ4v) is 2.98. The zero-order valence-corrected chi connectivity index (χ0v) is 9.63. The van der Waals surface area contributed by atoms with Crippen LogP contribution in [-0.2, 0) is 9.59 Å². The van der Waals surface area contributed by atoms with Crippen LogP contribution in [0.5, 0.6) is 0 Å². The van der Waals surface area contributed by atoms with Crippen LogP contribution in [0, 0.1) is 23.7 Å². The molecule has 17 heavy (non-hydrogen) atoms. The molecule has 4 nitrogen and oxygen atoms in total. The zero-order chi connectivity index (χ0) is 12.4. The number of fused-ring (bicyclic) bond motifs is 2. The molecular weight excluding hydrogens is 218 g/mol. The van der Waals surface area contributed by atoms with Crippen LogP contribution in [0.3, 0.4) is 0 Å². The number of carbonyl (C=O) groups excluding carboxylic acids is 1. The lowest BCUT2D eigenvalue weighted by molar-refractivity contribution is -0.152. The Hall–Kier alpha value is -1.58. The summed E-state index contributed by atoms with van der Waals surface area (Å²) < 4.78 is 0. The number of nitrogens with one attached hydrogen (secondary N) is 1. The van der Waals surface area contributed by atoms with Crippen LogP contribution in [0.15, 0.2) is 24.8 Å². The minimum atomic E-state index is -0.859. The number of carboxylic acid groups (broad SMARTS) is 1. The van der Waals surface area contributed by atoms with Crippen LogP contribution in [0.4, 0.5) is 0 Å². The molecule has 1 fully saturated rings. The molecule has 2 N–H and O–H groups in total. The molecule has 0 aliphatic heterocycles. The van der Waals surface area contributed by atoms with Gasteiger partial charge in [-0.1, -0.05) is 18.2 Å². The molecule has 3 rings (SSSR count). The van der Waals surface area contributed by atoms with Crippen LogP contribution >= 0.6 is 0 Å². The molecule has 0 aromatic rings. The van der Waals surface area contributed by atoms with E-state index in [1.165, 1.54) is 0 Å². The van der Waals surface area contributed by atoms with Crippen molar-refractivity contribution in [2.75, 3.05) is 6.54 Å². The van der Waals surface area contributed by atoms with Crippen LogP contribution in [0.2, 0.25) is 0 Å². The minimum absolute atomic E-state index is 0.0111. The molecule has 92 valence electrons. The normalized spacial score (nSPS) is 34.4. The fourth-order valence-electron chi connectivity index (χ4n) is 2.98. The summed E-state index contributed by atoms with van der Waals surface area (Å²) in [6, 6.07) is 0. The number of amides is 1. The molecule has 0 aromatic heterocycles. The Balaban J connectivity index is 2.18. The lowest BCUT2D eigenvalue weighted by Gasteiger charge is -2.41. The van der Waals surface area contributed by atoms with Crippen molar-refractivity contribution in [1.82, 2.24) is 5.32 Å². The van der Waals surface area contributed by atoms with Crippen LogP contribution in [0.25, 0.3) is 0 Å². The van der Waals surface area contributed by atoms with Gasteiger partial charge in [0.05, 0.1) is 11.8 Å². The maximum atomic E-state index is 12.0. The van der Waals surface area contributed by atoms with E-state index >= 15 is 0 Å². The van der Waals surface area contributed by atoms with Gasteiger partial charge in [-0.15, -0.1) is 6.58 Å². The third-order valence-electron chi connectivity index (χ3n) is 3.76. The first-order valence-corrected chi connectivity index (χ1v) is 5.95. The van der Waals surface area contributed by atoms with E-state index in [0.29, 0.717) is 6.54 Å². The number of carboxylic acids is 1. The first-order valence-electron chi connectivity index (χ1n) is 5.95. The van der Waals surface area contributed by atoms with Crippen molar-refractivity contribution < 1.29 is 14.7 Å². The second kappa shape index (κ2) is 4.73. The number of aliphatic carboxylic acids is 1. The highest BCUT2D eigenvalue weighted by molar-refractivity contribution is 5.86. The van der Waals surface area contributed by atoms with Gasteiger partial charge in [0.2, 0.25) is 5.91 Å². The quantitative estimate of drug-likeness (QED) is 0.719. The van der Waals surface area contributed by atoms with E-state index in [1.54, 1.807) is 6.08 Å². The summed E-state index contributed by atoms with van der Waals surface area (Å²) in [6.45, 7) is 3.93. The Morgan fingerprint density at radius 1 is 1.29 bits per heavy atom. The molecule has 0 aromatic carbocycles. The number of allylic oxidation sites excluding steroid dienone is 2. The average molecular weight is 235 g/mol. The number of rotatable bonds is 4. The Morgan fingerprint density at radius 3 is 2.35 bits per heavy atom. The molecule has 3 aliphatic rings. The second-order valence-corrected chi connectivity index (χ2v) is 4.71. The summed E-state index contributed by atoms with van der Waals surface area (Å²) in [5.74, 6) is -1.91. The Labute approximate surface area is 100 Å². The zero-order valence-electron chi connectivity index (χ0n) is 9.63. The molecule has 3 aliphatic carbocycles. The van der Waals surface area contributed by atoms with Gasteiger partial charge in [-0.25, -0.2) is 0 Å². The van der Waals surface area contributed by atoms with E-state index in [-0.39, 0.29) is 17.7 Å². The van der Waals surface area contributed by atoms with Gasteiger partial charge in [0, 0.05) is 6.54 Å². The summed E-state index contributed by atoms with van der Waals surface area (Å²) >= 11 is 0. The van der Waals surface area contributed by atoms with E-state index in [1.807, 2.05) is 12.2 Å². The molecule has 4 heteroatoms. The van der Waals surface area contributed by atoms with Crippen LogP contribution in [-0.4, -0.2) is 23.5 Å². The van der Waals surface area contributed by atoms with Crippen LogP contribution < -0.4 is 5.32 Å². The van der Waals surface area contributed by atoms with Crippen molar-refractivity contribution in [3.05, 3.63) is 24.8 Å². The van der Waals surface area contributed by atoms with Crippen molar-refractivity contribution in [3.63, 3.8) is 0 Å². The highest BCUT2D eigenvalue weighted by Gasteiger charge is 2.47. The Kier molecular flexibility index (Phi) is 3.31. The predicted octanol–water partition coefficient (Wildman–Crippen LogP) is 1.20. The topological polar surface area (TPSA) is 66.4 Å². The first-order chi connectivity index (χ1) is 8.15. The van der Waals surface area contributed by atoms with Gasteiger partial charge < -0.3 is 10.4 Å². The van der Waals surface area contributed by atoms with Crippen LogP contribution in [0.1, 0.15) is 12.8 Å². The predicted molar refractivity (Wildman–Crippen MR) is 63.2 cm³/mol. The molecule has 0 spiro atoms. The monoisotopic (exact) mass is 235 g/mol. The van der Waals surface area contributed by atoms with E-state index < -0.39 is 17.8 Å². The molecule has 4 unspecified atom stereocenters. The standard InChI is InChI=1S/C13H17NO3/c1-2-7-14-12(15)10-8-3-5-9(6-4-8)11(10)13(16)17/h2-3,5,8-11H,1,4,6-7H2,(H,14,15)(H,16,17). The summed E-state index contributed by atoms with van der Waals surface area (Å²) in [5.41, 5.74) is 0. The van der Waals surface area contributed by atoms with Crippen molar-refractivity contribution in [2.24, 2.45) is 23.7 Å². The number of hydrogen-bond acceptors (Lipinski definition) is 2. The Bertz CT molecular complexity index is 375. The lowest BCUT2D eigenvalue weighted by atomic mass is 9.62. The van der Waals surface area contributed by atoms with E-state index in [0.717, 1.165) is 12.8 Å². The van der Waals surface area contributed by atoms with E-state index in [2.05, 4.69) is 11.9 Å². The first kappa shape index (κ1) is 11.9. The molecule has 4 atom stereocenters. The molecule has 1 saturated carbocycles. The summed E-state index contributed by atoms with van der Waals surface area (Å²) in [4.78, 5) is 23.3. The SMILES string of the molecule is C=CCNC(=O)C1C2C=CC(CC2)C1C(=O)O. The molecule has 2 bridgehead atoms. The third-order valence-corrected chi connectivity index (χ3v) is 3.76. The average Bonchev–Trinajstić information content (AvgIpc) is 2.36. The maximum Gasteiger partial charge on any atom is 0.307 e. The van der Waals surface area contributed by atoms with E-state index in [4.69, 9.17) is 0 Å². The van der Waals surface area contributed by atoms with Gasteiger partial charge in [-0.2, -0.15) is 0 Å². The smallest absolute Gasteiger partial charge is 0.307 e. The molecule has 0 radical (unpaired) electrons. The van der Waals surface area contributed by atoms with E-state index in [9.17, 15) is 14.7 Å².